The average Bonchev–Trinajstić information content (AvgIpc) is 2.57. The average molecular weight is 328 g/mol. The van der Waals surface area contributed by atoms with E-state index in [2.05, 4.69) is 10.3 Å². The van der Waals surface area contributed by atoms with Gasteiger partial charge in [-0.2, -0.15) is 0 Å². The number of rotatable bonds is 4. The molecular formula is C17H14ClN3O2. The molecule has 0 fully saturated rings. The number of hydrogen-bond donors (Lipinski definition) is 1. The molecule has 0 radical (unpaired) electrons. The topological polar surface area (TPSA) is 64.0 Å². The van der Waals surface area contributed by atoms with Gasteiger partial charge >= 0.3 is 0 Å². The van der Waals surface area contributed by atoms with Gasteiger partial charge in [0.2, 0.25) is 5.91 Å². The molecule has 1 aromatic heterocycles. The molecule has 1 N–H and O–H groups in total. The van der Waals surface area contributed by atoms with Crippen LogP contribution in [-0.4, -0.2) is 15.5 Å². The Balaban J connectivity index is 1.74. The van der Waals surface area contributed by atoms with Crippen molar-refractivity contribution in [1.29, 1.82) is 0 Å². The fraction of sp³-hybridized carbons (Fsp3) is 0.118. The van der Waals surface area contributed by atoms with Gasteiger partial charge in [-0.25, -0.2) is 4.98 Å². The summed E-state index contributed by atoms with van der Waals surface area (Å²) < 4.78 is 1.42. The van der Waals surface area contributed by atoms with Crippen molar-refractivity contribution in [3.63, 3.8) is 0 Å². The minimum absolute atomic E-state index is 0.0462. The highest BCUT2D eigenvalue weighted by Crippen LogP contribution is 2.10. The zero-order valence-corrected chi connectivity index (χ0v) is 13.0. The van der Waals surface area contributed by atoms with Gasteiger partial charge in [-0.05, 0) is 29.8 Å². The van der Waals surface area contributed by atoms with E-state index in [1.807, 2.05) is 24.3 Å². The van der Waals surface area contributed by atoms with Gasteiger partial charge in [-0.15, -0.1) is 0 Å². The van der Waals surface area contributed by atoms with Gasteiger partial charge in [0.25, 0.3) is 5.56 Å². The lowest BCUT2D eigenvalue weighted by Gasteiger charge is -2.10. The zero-order chi connectivity index (χ0) is 16.2. The van der Waals surface area contributed by atoms with Gasteiger partial charge in [0.15, 0.2) is 0 Å². The van der Waals surface area contributed by atoms with Crippen molar-refractivity contribution in [2.75, 3.05) is 0 Å². The highest BCUT2D eigenvalue weighted by Gasteiger charge is 2.08. The number of fused-ring (bicyclic) bond motifs is 1. The Hall–Kier alpha value is -2.66. The number of para-hydroxylation sites is 2. The second-order valence-electron chi connectivity index (χ2n) is 5.07. The first-order chi connectivity index (χ1) is 11.1. The largest absolute Gasteiger partial charge is 0.350 e. The summed E-state index contributed by atoms with van der Waals surface area (Å²) in [6.07, 6.45) is 1.23. The maximum Gasteiger partial charge on any atom is 0.269 e. The minimum atomic E-state index is -0.301. The van der Waals surface area contributed by atoms with E-state index in [-0.39, 0.29) is 18.0 Å². The Morgan fingerprint density at radius 1 is 1.13 bits per heavy atom. The molecule has 0 saturated carbocycles. The second kappa shape index (κ2) is 6.62. The quantitative estimate of drug-likeness (QED) is 0.800. The number of halogens is 1. The van der Waals surface area contributed by atoms with Crippen molar-refractivity contribution in [2.45, 2.75) is 13.1 Å². The Kier molecular flexibility index (Phi) is 4.39. The van der Waals surface area contributed by atoms with E-state index in [0.29, 0.717) is 22.6 Å². The fourth-order valence-corrected chi connectivity index (χ4v) is 2.41. The molecule has 0 saturated heterocycles. The van der Waals surface area contributed by atoms with Crippen molar-refractivity contribution in [2.24, 2.45) is 0 Å². The third-order valence-electron chi connectivity index (χ3n) is 3.46. The molecule has 0 spiro atoms. The molecule has 0 aliphatic heterocycles. The number of aromatic nitrogens is 2. The van der Waals surface area contributed by atoms with Crippen molar-refractivity contribution in [3.05, 3.63) is 75.7 Å². The molecule has 1 amide bonds. The minimum Gasteiger partial charge on any atom is -0.350 e. The van der Waals surface area contributed by atoms with Crippen molar-refractivity contribution in [3.8, 4) is 0 Å². The maximum atomic E-state index is 12.1. The molecule has 0 aliphatic rings. The number of carbonyl (C=O) groups is 1. The first-order valence-corrected chi connectivity index (χ1v) is 7.47. The number of amides is 1. The van der Waals surface area contributed by atoms with Crippen LogP contribution in [0.3, 0.4) is 0 Å². The number of carbonyl (C=O) groups excluding carboxylic acids is 1. The number of nitrogens with one attached hydrogen (secondary N) is 1. The van der Waals surface area contributed by atoms with E-state index >= 15 is 0 Å². The van der Waals surface area contributed by atoms with E-state index in [9.17, 15) is 9.59 Å². The molecule has 1 heterocycles. The van der Waals surface area contributed by atoms with Gasteiger partial charge in [0.1, 0.15) is 6.54 Å². The van der Waals surface area contributed by atoms with Crippen molar-refractivity contribution < 1.29 is 4.79 Å². The fourth-order valence-electron chi connectivity index (χ4n) is 2.28. The predicted molar refractivity (Wildman–Crippen MR) is 89.3 cm³/mol. The van der Waals surface area contributed by atoms with E-state index in [4.69, 9.17) is 11.6 Å². The third-order valence-corrected chi connectivity index (χ3v) is 3.71. The molecule has 23 heavy (non-hydrogen) atoms. The van der Waals surface area contributed by atoms with Crippen LogP contribution in [0.25, 0.3) is 11.0 Å². The molecule has 0 aliphatic carbocycles. The van der Waals surface area contributed by atoms with Crippen LogP contribution in [0.5, 0.6) is 0 Å². The SMILES string of the molecule is O=C(Cn1c(=O)cnc2ccccc21)NCc1ccc(Cl)cc1. The Morgan fingerprint density at radius 3 is 2.65 bits per heavy atom. The standard InChI is InChI=1S/C17H14ClN3O2/c18-13-7-5-12(6-8-13)9-20-16(22)11-21-15-4-2-1-3-14(15)19-10-17(21)23/h1-8,10H,9,11H2,(H,20,22). The van der Waals surface area contributed by atoms with E-state index in [1.54, 1.807) is 24.3 Å². The van der Waals surface area contributed by atoms with E-state index in [0.717, 1.165) is 5.56 Å². The second-order valence-corrected chi connectivity index (χ2v) is 5.51. The molecule has 5 nitrogen and oxygen atoms in total. The third kappa shape index (κ3) is 3.57. The van der Waals surface area contributed by atoms with Crippen LogP contribution in [0.4, 0.5) is 0 Å². The summed E-state index contributed by atoms with van der Waals surface area (Å²) in [7, 11) is 0. The zero-order valence-electron chi connectivity index (χ0n) is 12.2. The highest BCUT2D eigenvalue weighted by molar-refractivity contribution is 6.30. The highest BCUT2D eigenvalue weighted by atomic mass is 35.5. The van der Waals surface area contributed by atoms with Crippen LogP contribution in [-0.2, 0) is 17.9 Å². The maximum absolute atomic E-state index is 12.1. The van der Waals surface area contributed by atoms with Crippen molar-refractivity contribution >= 4 is 28.5 Å². The molecule has 2 aromatic carbocycles. The summed E-state index contributed by atoms with van der Waals surface area (Å²) in [4.78, 5) is 28.2. The molecule has 6 heteroatoms. The Morgan fingerprint density at radius 2 is 1.87 bits per heavy atom. The van der Waals surface area contributed by atoms with Crippen molar-refractivity contribution in [1.82, 2.24) is 14.9 Å². The van der Waals surface area contributed by atoms with Crippen LogP contribution < -0.4 is 10.9 Å². The lowest BCUT2D eigenvalue weighted by atomic mass is 10.2. The van der Waals surface area contributed by atoms with Gasteiger partial charge in [-0.3, -0.25) is 14.2 Å². The summed E-state index contributed by atoms with van der Waals surface area (Å²) in [5.41, 5.74) is 1.96. The molecule has 116 valence electrons. The normalized spacial score (nSPS) is 10.7. The summed E-state index contributed by atoms with van der Waals surface area (Å²) in [6.45, 7) is 0.337. The van der Waals surface area contributed by atoms with Crippen LogP contribution in [0.1, 0.15) is 5.56 Å². The van der Waals surface area contributed by atoms with Gasteiger partial charge < -0.3 is 5.32 Å². The molecule has 0 atom stereocenters. The van der Waals surface area contributed by atoms with E-state index < -0.39 is 0 Å². The number of nitrogens with zero attached hydrogens (tertiary/aromatic N) is 2. The first-order valence-electron chi connectivity index (χ1n) is 7.09. The lowest BCUT2D eigenvalue weighted by molar-refractivity contribution is -0.121. The number of benzene rings is 2. The van der Waals surface area contributed by atoms with Gasteiger partial charge in [0, 0.05) is 11.6 Å². The van der Waals surface area contributed by atoms with Gasteiger partial charge in [0.05, 0.1) is 17.2 Å². The van der Waals surface area contributed by atoms with Crippen LogP contribution in [0.2, 0.25) is 5.02 Å². The summed E-state index contributed by atoms with van der Waals surface area (Å²) in [5.74, 6) is -0.238. The van der Waals surface area contributed by atoms with Crippen LogP contribution >= 0.6 is 11.6 Å². The molecule has 0 unspecified atom stereocenters. The molecule has 0 bridgehead atoms. The lowest BCUT2D eigenvalue weighted by Crippen LogP contribution is -2.32. The van der Waals surface area contributed by atoms with Gasteiger partial charge in [-0.1, -0.05) is 35.9 Å². The first kappa shape index (κ1) is 15.2. The molecule has 3 rings (SSSR count). The summed E-state index contributed by atoms with van der Waals surface area (Å²) >= 11 is 5.82. The molecule has 3 aromatic rings. The number of hydrogen-bond acceptors (Lipinski definition) is 3. The summed E-state index contributed by atoms with van der Waals surface area (Å²) in [6, 6.07) is 14.4. The Bertz CT molecular complexity index is 904. The molecular weight excluding hydrogens is 314 g/mol. The Labute approximate surface area is 137 Å². The predicted octanol–water partition coefficient (Wildman–Crippen LogP) is 2.37. The van der Waals surface area contributed by atoms with Crippen LogP contribution in [0.15, 0.2) is 59.5 Å². The smallest absolute Gasteiger partial charge is 0.269 e. The summed E-state index contributed by atoms with van der Waals surface area (Å²) in [5, 5.41) is 3.44. The van der Waals surface area contributed by atoms with Crippen LogP contribution in [0, 0.1) is 0 Å². The van der Waals surface area contributed by atoms with E-state index in [1.165, 1.54) is 10.8 Å². The monoisotopic (exact) mass is 327 g/mol.